The Balaban J connectivity index is 5.05. The smallest absolute Gasteiger partial charge is 0.327 e. The summed E-state index contributed by atoms with van der Waals surface area (Å²) in [5.74, 6) is -1.72. The largest absolute Gasteiger partial charge is 0.480 e. The first-order chi connectivity index (χ1) is 13.7. The van der Waals surface area contributed by atoms with Gasteiger partial charge in [-0.15, -0.1) is 0 Å². The van der Waals surface area contributed by atoms with Gasteiger partial charge in [-0.05, 0) is 36.9 Å². The summed E-state index contributed by atoms with van der Waals surface area (Å²) >= 11 is 11.0. The second kappa shape index (κ2) is 16.0. The fourth-order valence-corrected chi connectivity index (χ4v) is 3.55. The number of nitrogens with one attached hydrogen (secondary N) is 3. The Morgan fingerprint density at radius 2 is 1.28 bits per heavy atom. The maximum atomic E-state index is 12.6. The van der Waals surface area contributed by atoms with Crippen molar-refractivity contribution in [3.8, 4) is 0 Å². The average molecular weight is 487 g/mol. The molecule has 0 aromatic heterocycles. The van der Waals surface area contributed by atoms with Gasteiger partial charge < -0.3 is 26.8 Å². The fraction of sp³-hybridized carbons (Fsp3) is 0.750. The predicted molar refractivity (Wildman–Crippen MR) is 125 cm³/mol. The molecule has 168 valence electrons. The number of carbonyl (C=O) groups is 4. The molecule has 9 nitrogen and oxygen atoms in total. The second-order valence-corrected chi connectivity index (χ2v) is 8.76. The van der Waals surface area contributed by atoms with Crippen LogP contribution in [-0.2, 0) is 19.2 Å². The second-order valence-electron chi connectivity index (χ2n) is 6.06. The molecule has 0 saturated carbocycles. The topological polar surface area (TPSA) is 151 Å². The van der Waals surface area contributed by atoms with Gasteiger partial charge >= 0.3 is 5.97 Å². The minimum absolute atomic E-state index is 0.0120. The highest BCUT2D eigenvalue weighted by molar-refractivity contribution is 7.98. The van der Waals surface area contributed by atoms with Gasteiger partial charge in [0.05, 0.1) is 6.04 Å². The number of hydrogen-bond acceptors (Lipinski definition) is 9. The lowest BCUT2D eigenvalue weighted by Gasteiger charge is -2.24. The zero-order valence-electron chi connectivity index (χ0n) is 16.4. The average Bonchev–Trinajstić information content (AvgIpc) is 2.70. The molecular weight excluding hydrogens is 456 g/mol. The first kappa shape index (κ1) is 28.2. The minimum atomic E-state index is -1.22. The highest BCUT2D eigenvalue weighted by Gasteiger charge is 2.29. The van der Waals surface area contributed by atoms with E-state index in [0.29, 0.717) is 17.9 Å². The lowest BCUT2D eigenvalue weighted by molar-refractivity contribution is -0.141. The summed E-state index contributed by atoms with van der Waals surface area (Å²) in [5, 5.41) is 16.5. The first-order valence-corrected chi connectivity index (χ1v) is 12.9. The number of nitrogens with two attached hydrogens (primary N) is 1. The van der Waals surface area contributed by atoms with Crippen molar-refractivity contribution in [3.63, 3.8) is 0 Å². The van der Waals surface area contributed by atoms with Gasteiger partial charge in [0.1, 0.15) is 18.1 Å². The fourth-order valence-electron chi connectivity index (χ4n) is 2.08. The van der Waals surface area contributed by atoms with Crippen LogP contribution >= 0.6 is 48.8 Å². The third-order valence-electron chi connectivity index (χ3n) is 3.83. The van der Waals surface area contributed by atoms with Crippen molar-refractivity contribution in [3.05, 3.63) is 0 Å². The molecule has 4 unspecified atom stereocenters. The number of carboxylic acid groups (broad SMARTS) is 1. The van der Waals surface area contributed by atoms with E-state index >= 15 is 0 Å². The molecule has 0 aromatic rings. The molecule has 0 bridgehead atoms. The van der Waals surface area contributed by atoms with Crippen molar-refractivity contribution in [2.45, 2.75) is 37.0 Å². The van der Waals surface area contributed by atoms with E-state index in [0.717, 1.165) is 0 Å². The summed E-state index contributed by atoms with van der Waals surface area (Å²) in [6.45, 7) is 0. The van der Waals surface area contributed by atoms with Crippen LogP contribution in [0.3, 0.4) is 0 Å². The van der Waals surface area contributed by atoms with E-state index in [9.17, 15) is 19.2 Å². The number of rotatable bonds is 15. The van der Waals surface area contributed by atoms with Crippen LogP contribution in [0.4, 0.5) is 0 Å². The van der Waals surface area contributed by atoms with Gasteiger partial charge in [0.25, 0.3) is 0 Å². The van der Waals surface area contributed by atoms with Gasteiger partial charge in [0, 0.05) is 11.5 Å². The van der Waals surface area contributed by atoms with Crippen LogP contribution in [0.2, 0.25) is 0 Å². The summed E-state index contributed by atoms with van der Waals surface area (Å²) in [7, 11) is 0. The van der Waals surface area contributed by atoms with Crippen molar-refractivity contribution in [1.82, 2.24) is 16.0 Å². The molecule has 0 aliphatic carbocycles. The van der Waals surface area contributed by atoms with Crippen LogP contribution in [0.1, 0.15) is 12.8 Å². The molecule has 0 aliphatic rings. The summed E-state index contributed by atoms with van der Waals surface area (Å²) in [6.07, 6.45) is 4.50. The Morgan fingerprint density at radius 3 is 1.76 bits per heavy atom. The number of aliphatic carboxylic acids is 1. The highest BCUT2D eigenvalue weighted by Crippen LogP contribution is 2.04. The molecule has 3 amide bonds. The molecule has 0 radical (unpaired) electrons. The van der Waals surface area contributed by atoms with E-state index in [2.05, 4.69) is 41.2 Å². The number of amides is 3. The molecule has 0 aliphatic heterocycles. The number of thioether (sulfide) groups is 2. The van der Waals surface area contributed by atoms with Crippen LogP contribution in [0.5, 0.6) is 0 Å². The molecule has 13 heteroatoms. The van der Waals surface area contributed by atoms with Crippen LogP contribution < -0.4 is 21.7 Å². The molecule has 4 atom stereocenters. The normalized spacial score (nSPS) is 14.9. The zero-order chi connectivity index (χ0) is 22.4. The van der Waals surface area contributed by atoms with E-state index in [4.69, 9.17) is 10.8 Å². The Kier molecular flexibility index (Phi) is 15.6. The summed E-state index contributed by atoms with van der Waals surface area (Å²) in [6, 6.07) is -3.86. The number of hydrogen-bond donors (Lipinski definition) is 7. The predicted octanol–water partition coefficient (Wildman–Crippen LogP) is -0.781. The molecule has 0 rings (SSSR count). The summed E-state index contributed by atoms with van der Waals surface area (Å²) in [4.78, 5) is 48.3. The Bertz CT molecular complexity index is 555. The van der Waals surface area contributed by atoms with Crippen LogP contribution in [-0.4, -0.2) is 88.5 Å². The third kappa shape index (κ3) is 11.3. The Hall–Kier alpha value is -0.760. The Morgan fingerprint density at radius 1 is 0.828 bits per heavy atom. The first-order valence-electron chi connectivity index (χ1n) is 8.80. The number of carbonyl (C=O) groups excluding carboxylic acids is 3. The van der Waals surface area contributed by atoms with Gasteiger partial charge in [0.2, 0.25) is 17.7 Å². The SMILES string of the molecule is CSCCC(N)C(=O)NC(CS)C(=O)NC(CCSC)C(=O)NC(CS)C(=O)O. The van der Waals surface area contributed by atoms with Crippen LogP contribution in [0, 0.1) is 0 Å². The summed E-state index contributed by atoms with van der Waals surface area (Å²) in [5.41, 5.74) is 5.81. The quantitative estimate of drug-likeness (QED) is 0.149. The van der Waals surface area contributed by atoms with Crippen molar-refractivity contribution < 1.29 is 24.3 Å². The van der Waals surface area contributed by atoms with Crippen LogP contribution in [0.25, 0.3) is 0 Å². The van der Waals surface area contributed by atoms with Gasteiger partial charge in [0.15, 0.2) is 0 Å². The van der Waals surface area contributed by atoms with Crippen molar-refractivity contribution in [1.29, 1.82) is 0 Å². The van der Waals surface area contributed by atoms with Gasteiger partial charge in [-0.2, -0.15) is 48.8 Å². The van der Waals surface area contributed by atoms with E-state index < -0.39 is 47.9 Å². The molecule has 6 N–H and O–H groups in total. The van der Waals surface area contributed by atoms with Crippen molar-refractivity contribution in [2.24, 2.45) is 5.73 Å². The van der Waals surface area contributed by atoms with Gasteiger partial charge in [-0.25, -0.2) is 4.79 Å². The zero-order valence-corrected chi connectivity index (χ0v) is 19.8. The molecule has 0 saturated heterocycles. The van der Waals surface area contributed by atoms with Crippen LogP contribution in [0.15, 0.2) is 0 Å². The van der Waals surface area contributed by atoms with Gasteiger partial charge in [-0.3, -0.25) is 14.4 Å². The van der Waals surface area contributed by atoms with Gasteiger partial charge in [-0.1, -0.05) is 0 Å². The monoisotopic (exact) mass is 486 g/mol. The molecule has 29 heavy (non-hydrogen) atoms. The lowest BCUT2D eigenvalue weighted by Crippen LogP contribution is -2.58. The maximum absolute atomic E-state index is 12.6. The molecule has 0 spiro atoms. The maximum Gasteiger partial charge on any atom is 0.327 e. The lowest BCUT2D eigenvalue weighted by atomic mass is 10.1. The standard InChI is InChI=1S/C16H30N4O5S4/c1-28-5-3-9(17)13(21)19-11(7-26)15(23)18-10(4-6-29-2)14(22)20-12(8-27)16(24)25/h9-12,26-27H,3-8,17H2,1-2H3,(H,18,23)(H,19,21)(H,20,22)(H,24,25). The minimum Gasteiger partial charge on any atom is -0.480 e. The van der Waals surface area contributed by atoms with Crippen molar-refractivity contribution in [2.75, 3.05) is 35.5 Å². The molecule has 0 heterocycles. The van der Waals surface area contributed by atoms with E-state index in [1.807, 2.05) is 12.5 Å². The molecule has 0 aromatic carbocycles. The van der Waals surface area contributed by atoms with E-state index in [1.165, 1.54) is 11.8 Å². The highest BCUT2D eigenvalue weighted by atomic mass is 32.2. The Labute approximate surface area is 190 Å². The molecular formula is C16H30N4O5S4. The summed E-state index contributed by atoms with van der Waals surface area (Å²) < 4.78 is 0. The third-order valence-corrected chi connectivity index (χ3v) is 5.84. The van der Waals surface area contributed by atoms with Crippen molar-refractivity contribution >= 4 is 72.5 Å². The number of thiol groups is 2. The van der Waals surface area contributed by atoms with E-state index in [1.54, 1.807) is 11.8 Å². The van der Waals surface area contributed by atoms with E-state index in [-0.39, 0.29) is 17.9 Å². The number of carboxylic acids is 1. The molecule has 0 fully saturated rings.